The molecule has 0 spiro atoms. The number of hydrogen-bond acceptors (Lipinski definition) is 3. The predicted octanol–water partition coefficient (Wildman–Crippen LogP) is 1.76. The molecule has 0 saturated carbocycles. The van der Waals surface area contributed by atoms with Crippen molar-refractivity contribution in [3.63, 3.8) is 0 Å². The lowest BCUT2D eigenvalue weighted by molar-refractivity contribution is -0.119. The van der Waals surface area contributed by atoms with E-state index in [-0.39, 0.29) is 5.91 Å². The maximum absolute atomic E-state index is 12.0. The van der Waals surface area contributed by atoms with Crippen molar-refractivity contribution < 1.29 is 4.79 Å². The van der Waals surface area contributed by atoms with Crippen molar-refractivity contribution in [3.8, 4) is 0 Å². The number of hydrogen-bond donors (Lipinski definition) is 1. The van der Waals surface area contributed by atoms with Gasteiger partial charge in [-0.15, -0.1) is 0 Å². The van der Waals surface area contributed by atoms with E-state index in [0.717, 1.165) is 18.5 Å². The number of pyridine rings is 1. The van der Waals surface area contributed by atoms with Gasteiger partial charge in [0.25, 0.3) is 0 Å². The maximum Gasteiger partial charge on any atom is 0.239 e. The third-order valence-electron chi connectivity index (χ3n) is 3.56. The zero-order valence-electron chi connectivity index (χ0n) is 11.2. The summed E-state index contributed by atoms with van der Waals surface area (Å²) in [6.45, 7) is 1.89. The van der Waals surface area contributed by atoms with Crippen LogP contribution in [0.1, 0.15) is 11.1 Å². The monoisotopic (exact) mass is 267 g/mol. The van der Waals surface area contributed by atoms with Crippen molar-refractivity contribution in [2.24, 2.45) is 0 Å². The number of carbonyl (C=O) groups is 1. The Morgan fingerprint density at radius 1 is 1.20 bits per heavy atom. The summed E-state index contributed by atoms with van der Waals surface area (Å²) in [5.74, 6) is 0.0542. The molecule has 1 aliphatic rings. The molecule has 20 heavy (non-hydrogen) atoms. The fourth-order valence-electron chi connectivity index (χ4n) is 2.50. The van der Waals surface area contributed by atoms with Crippen LogP contribution in [-0.2, 0) is 17.8 Å². The first kappa shape index (κ1) is 12.7. The van der Waals surface area contributed by atoms with Crippen molar-refractivity contribution in [2.45, 2.75) is 13.0 Å². The van der Waals surface area contributed by atoms with Gasteiger partial charge in [0, 0.05) is 31.2 Å². The number of amides is 1. The Balaban J connectivity index is 1.55. The molecule has 0 aliphatic carbocycles. The summed E-state index contributed by atoms with van der Waals surface area (Å²) < 4.78 is 0. The van der Waals surface area contributed by atoms with Gasteiger partial charge in [-0.3, -0.25) is 9.78 Å². The van der Waals surface area contributed by atoms with E-state index in [0.29, 0.717) is 13.1 Å². The zero-order chi connectivity index (χ0) is 13.8. The summed E-state index contributed by atoms with van der Waals surface area (Å²) in [7, 11) is 0. The Morgan fingerprint density at radius 3 is 2.85 bits per heavy atom. The highest BCUT2D eigenvalue weighted by atomic mass is 16.2. The second kappa shape index (κ2) is 5.74. The summed E-state index contributed by atoms with van der Waals surface area (Å²) >= 11 is 0. The van der Waals surface area contributed by atoms with Crippen LogP contribution in [0.2, 0.25) is 0 Å². The number of anilines is 1. The minimum atomic E-state index is 0.0542. The minimum Gasteiger partial charge on any atom is -0.362 e. The highest BCUT2D eigenvalue weighted by Gasteiger charge is 2.20. The van der Waals surface area contributed by atoms with Gasteiger partial charge in [0.15, 0.2) is 0 Å². The van der Waals surface area contributed by atoms with E-state index < -0.39 is 0 Å². The van der Waals surface area contributed by atoms with Crippen LogP contribution in [-0.4, -0.2) is 24.0 Å². The third-order valence-corrected chi connectivity index (χ3v) is 3.56. The molecule has 102 valence electrons. The molecular weight excluding hydrogens is 250 g/mol. The normalized spacial score (nSPS) is 13.1. The molecule has 1 aromatic heterocycles. The molecule has 1 aliphatic heterocycles. The number of fused-ring (bicyclic) bond motifs is 1. The fourth-order valence-corrected chi connectivity index (χ4v) is 2.50. The van der Waals surface area contributed by atoms with Crippen molar-refractivity contribution >= 4 is 11.6 Å². The topological polar surface area (TPSA) is 45.2 Å². The fraction of sp³-hybridized carbons (Fsp3) is 0.250. The molecule has 0 saturated heterocycles. The highest BCUT2D eigenvalue weighted by Crippen LogP contribution is 2.26. The molecule has 4 heteroatoms. The van der Waals surface area contributed by atoms with E-state index in [1.165, 1.54) is 11.3 Å². The van der Waals surface area contributed by atoms with Gasteiger partial charge in [0.2, 0.25) is 5.91 Å². The molecule has 1 N–H and O–H groups in total. The predicted molar refractivity (Wildman–Crippen MR) is 78.4 cm³/mol. The number of aromatic nitrogens is 1. The van der Waals surface area contributed by atoms with Gasteiger partial charge in [0.1, 0.15) is 0 Å². The second-order valence-corrected chi connectivity index (χ2v) is 4.93. The van der Waals surface area contributed by atoms with Crippen LogP contribution in [0.25, 0.3) is 0 Å². The Hall–Kier alpha value is -2.36. The summed E-state index contributed by atoms with van der Waals surface area (Å²) in [5, 5.41) is 2.95. The smallest absolute Gasteiger partial charge is 0.239 e. The minimum absolute atomic E-state index is 0.0542. The third kappa shape index (κ3) is 2.79. The Morgan fingerprint density at radius 2 is 2.00 bits per heavy atom. The molecule has 0 radical (unpaired) electrons. The maximum atomic E-state index is 12.0. The molecule has 0 fully saturated rings. The summed E-state index contributed by atoms with van der Waals surface area (Å²) in [6.07, 6.45) is 4.49. The van der Waals surface area contributed by atoms with E-state index in [2.05, 4.69) is 27.3 Å². The van der Waals surface area contributed by atoms with Crippen molar-refractivity contribution in [2.75, 3.05) is 18.0 Å². The van der Waals surface area contributed by atoms with Crippen LogP contribution >= 0.6 is 0 Å². The molecule has 2 aromatic rings. The molecular formula is C16H17N3O. The van der Waals surface area contributed by atoms with Gasteiger partial charge < -0.3 is 10.2 Å². The van der Waals surface area contributed by atoms with E-state index in [1.807, 2.05) is 24.3 Å². The van der Waals surface area contributed by atoms with Crippen LogP contribution in [0.15, 0.2) is 48.8 Å². The molecule has 0 unspecified atom stereocenters. The molecule has 2 heterocycles. The number of nitrogens with one attached hydrogen (secondary N) is 1. The number of para-hydroxylation sites is 1. The molecule has 0 bridgehead atoms. The van der Waals surface area contributed by atoms with Gasteiger partial charge >= 0.3 is 0 Å². The number of nitrogens with zero attached hydrogens (tertiary/aromatic N) is 2. The van der Waals surface area contributed by atoms with E-state index in [9.17, 15) is 4.79 Å². The van der Waals surface area contributed by atoms with E-state index in [4.69, 9.17) is 0 Å². The lowest BCUT2D eigenvalue weighted by atomic mass is 10.2. The SMILES string of the molecule is O=C(CN1CCc2ccccc21)NCc1ccncc1. The van der Waals surface area contributed by atoms with Gasteiger partial charge in [-0.25, -0.2) is 0 Å². The van der Waals surface area contributed by atoms with Crippen molar-refractivity contribution in [1.82, 2.24) is 10.3 Å². The van der Waals surface area contributed by atoms with Crippen LogP contribution in [0.4, 0.5) is 5.69 Å². The van der Waals surface area contributed by atoms with E-state index in [1.54, 1.807) is 12.4 Å². The molecule has 0 atom stereocenters. The van der Waals surface area contributed by atoms with Gasteiger partial charge in [-0.2, -0.15) is 0 Å². The quantitative estimate of drug-likeness (QED) is 0.918. The molecule has 1 aromatic carbocycles. The van der Waals surface area contributed by atoms with Gasteiger partial charge in [-0.1, -0.05) is 18.2 Å². The molecule has 3 rings (SSSR count). The van der Waals surface area contributed by atoms with Crippen LogP contribution in [0, 0.1) is 0 Å². The Labute approximate surface area is 118 Å². The lowest BCUT2D eigenvalue weighted by Gasteiger charge is -2.18. The van der Waals surface area contributed by atoms with E-state index >= 15 is 0 Å². The summed E-state index contributed by atoms with van der Waals surface area (Å²) in [5.41, 5.74) is 3.58. The Kier molecular flexibility index (Phi) is 3.63. The highest BCUT2D eigenvalue weighted by molar-refractivity contribution is 5.82. The van der Waals surface area contributed by atoms with Crippen LogP contribution < -0.4 is 10.2 Å². The van der Waals surface area contributed by atoms with Crippen LogP contribution in [0.3, 0.4) is 0 Å². The summed E-state index contributed by atoms with van der Waals surface area (Å²) in [6, 6.07) is 12.1. The molecule has 1 amide bonds. The zero-order valence-corrected chi connectivity index (χ0v) is 11.2. The number of carbonyl (C=O) groups excluding carboxylic acids is 1. The van der Waals surface area contributed by atoms with Crippen molar-refractivity contribution in [3.05, 3.63) is 59.9 Å². The van der Waals surface area contributed by atoms with Crippen LogP contribution in [0.5, 0.6) is 0 Å². The number of rotatable bonds is 4. The lowest BCUT2D eigenvalue weighted by Crippen LogP contribution is -2.36. The largest absolute Gasteiger partial charge is 0.362 e. The second-order valence-electron chi connectivity index (χ2n) is 4.93. The standard InChI is InChI=1S/C16H17N3O/c20-16(18-11-13-5-8-17-9-6-13)12-19-10-7-14-3-1-2-4-15(14)19/h1-6,8-9H,7,10-12H2,(H,18,20). The van der Waals surface area contributed by atoms with Gasteiger partial charge in [-0.05, 0) is 35.7 Å². The van der Waals surface area contributed by atoms with Crippen molar-refractivity contribution in [1.29, 1.82) is 0 Å². The average Bonchev–Trinajstić information content (AvgIpc) is 2.90. The first-order chi connectivity index (χ1) is 9.83. The van der Waals surface area contributed by atoms with Gasteiger partial charge in [0.05, 0.1) is 6.54 Å². The Bertz CT molecular complexity index is 598. The average molecular weight is 267 g/mol. The first-order valence-electron chi connectivity index (χ1n) is 6.81. The number of benzene rings is 1. The first-order valence-corrected chi connectivity index (χ1v) is 6.81. The summed E-state index contributed by atoms with van der Waals surface area (Å²) in [4.78, 5) is 18.1. The molecule has 4 nitrogen and oxygen atoms in total.